The van der Waals surface area contributed by atoms with Crippen LogP contribution in [0, 0.1) is 10.1 Å². The van der Waals surface area contributed by atoms with E-state index < -0.39 is 28.2 Å². The van der Waals surface area contributed by atoms with Gasteiger partial charge in [-0.1, -0.05) is 37.3 Å². The lowest BCUT2D eigenvalue weighted by atomic mass is 9.85. The molecule has 2 aliphatic rings. The minimum atomic E-state index is -1.96. The molecule has 10 heteroatoms. The highest BCUT2D eigenvalue weighted by atomic mass is 16.6. The summed E-state index contributed by atoms with van der Waals surface area (Å²) in [7, 11) is 0. The number of carbonyl (C=O) groups excluding carboxylic acids is 2. The number of carbonyl (C=O) groups is 2. The summed E-state index contributed by atoms with van der Waals surface area (Å²) in [5.41, 5.74) is 0.0121. The number of benzene rings is 2. The van der Waals surface area contributed by atoms with E-state index in [1.54, 1.807) is 17.6 Å². The number of nitrogens with zero attached hydrogens (tertiary/aromatic N) is 3. The lowest BCUT2D eigenvalue weighted by molar-refractivity contribution is -0.385. The van der Waals surface area contributed by atoms with E-state index in [1.165, 1.54) is 24.3 Å². The fourth-order valence-corrected chi connectivity index (χ4v) is 5.10. The molecule has 0 amide bonds. The predicted octanol–water partition coefficient (Wildman–Crippen LogP) is 3.85. The average Bonchev–Trinajstić information content (AvgIpc) is 3.26. The first-order valence-corrected chi connectivity index (χ1v) is 11.6. The fraction of sp³-hybridized carbons (Fsp3) is 0.185. The van der Waals surface area contributed by atoms with Gasteiger partial charge in [0.1, 0.15) is 12.2 Å². The van der Waals surface area contributed by atoms with Crippen molar-refractivity contribution in [1.82, 2.24) is 9.55 Å². The van der Waals surface area contributed by atoms with Crippen molar-refractivity contribution in [2.75, 3.05) is 0 Å². The van der Waals surface area contributed by atoms with Gasteiger partial charge in [0.15, 0.2) is 0 Å². The molecule has 10 nitrogen and oxygen atoms in total. The van der Waals surface area contributed by atoms with Gasteiger partial charge in [-0.05, 0) is 30.7 Å². The quantitative estimate of drug-likeness (QED) is 0.208. The maximum absolute atomic E-state index is 13.6. The third kappa shape index (κ3) is 3.25. The van der Waals surface area contributed by atoms with Gasteiger partial charge in [0.05, 0.1) is 33.9 Å². The van der Waals surface area contributed by atoms with Crippen LogP contribution in [0.25, 0.3) is 22.3 Å². The Kier molecular flexibility index (Phi) is 4.94. The van der Waals surface area contributed by atoms with Crippen LogP contribution in [0.15, 0.2) is 65.5 Å². The largest absolute Gasteiger partial charge is 0.457 e. The molecular formula is C27H19N3O7. The monoisotopic (exact) mass is 497 g/mol. The number of rotatable bonds is 4. The number of aromatic nitrogens is 2. The van der Waals surface area contributed by atoms with Crippen LogP contribution in [-0.2, 0) is 33.0 Å². The number of cyclic esters (lactones) is 1. The van der Waals surface area contributed by atoms with Gasteiger partial charge in [-0.15, -0.1) is 0 Å². The zero-order valence-corrected chi connectivity index (χ0v) is 19.6. The van der Waals surface area contributed by atoms with Crippen molar-refractivity contribution in [2.24, 2.45) is 0 Å². The molecule has 37 heavy (non-hydrogen) atoms. The van der Waals surface area contributed by atoms with Gasteiger partial charge < -0.3 is 14.0 Å². The van der Waals surface area contributed by atoms with Crippen molar-refractivity contribution < 1.29 is 24.0 Å². The molecule has 0 N–H and O–H groups in total. The summed E-state index contributed by atoms with van der Waals surface area (Å²) in [6, 6.07) is 16.5. The van der Waals surface area contributed by atoms with Gasteiger partial charge >= 0.3 is 11.9 Å². The standard InChI is InChI=1S/C27H19N3O7/c1-2-27(37-25(32)17-8-4-6-10-21(17)30(34)35)19-12-22-23-16(11-15-7-3-5-9-20(15)28-23)13-29(22)24(31)18(19)14-36-26(27)33/h3-12H,2,13-14H2,1H3/t27-/m0/s1. The third-order valence-electron chi connectivity index (χ3n) is 6.97. The molecule has 0 bridgehead atoms. The Bertz CT molecular complexity index is 1730. The van der Waals surface area contributed by atoms with Crippen LogP contribution in [-0.4, -0.2) is 26.4 Å². The van der Waals surface area contributed by atoms with Crippen LogP contribution < -0.4 is 5.56 Å². The number of hydrogen-bond acceptors (Lipinski definition) is 8. The molecule has 0 saturated heterocycles. The zero-order valence-electron chi connectivity index (χ0n) is 19.6. The summed E-state index contributed by atoms with van der Waals surface area (Å²) in [5, 5.41) is 12.4. The van der Waals surface area contributed by atoms with Crippen LogP contribution in [0.4, 0.5) is 5.69 Å². The second-order valence-corrected chi connectivity index (χ2v) is 8.92. The number of nitro groups is 1. The normalized spacial score (nSPS) is 17.5. The molecule has 2 aromatic heterocycles. The second kappa shape index (κ2) is 8.09. The van der Waals surface area contributed by atoms with Gasteiger partial charge in [0, 0.05) is 22.6 Å². The fourth-order valence-electron chi connectivity index (χ4n) is 5.10. The molecule has 2 aromatic carbocycles. The molecule has 0 spiro atoms. The van der Waals surface area contributed by atoms with Crippen LogP contribution >= 0.6 is 0 Å². The summed E-state index contributed by atoms with van der Waals surface area (Å²) in [5.74, 6) is -1.91. The van der Waals surface area contributed by atoms with E-state index >= 15 is 0 Å². The predicted molar refractivity (Wildman–Crippen MR) is 131 cm³/mol. The molecule has 0 saturated carbocycles. The summed E-state index contributed by atoms with van der Waals surface area (Å²) in [4.78, 5) is 55.5. The van der Waals surface area contributed by atoms with Crippen molar-refractivity contribution in [3.8, 4) is 11.4 Å². The SMILES string of the molecule is CC[C@@]1(OC(=O)c2ccccc2[N+](=O)[O-])C(=O)OCc2c1cc1n(c2=O)Cc2cc3ccccc3nc2-1. The molecule has 6 rings (SSSR count). The number of hydrogen-bond donors (Lipinski definition) is 0. The Balaban J connectivity index is 1.52. The Hall–Kier alpha value is -4.86. The van der Waals surface area contributed by atoms with Crippen LogP contribution in [0.3, 0.4) is 0 Å². The highest BCUT2D eigenvalue weighted by Crippen LogP contribution is 2.41. The van der Waals surface area contributed by atoms with E-state index in [1.807, 2.05) is 30.3 Å². The number of esters is 2. The maximum atomic E-state index is 13.6. The molecule has 4 heterocycles. The van der Waals surface area contributed by atoms with Gasteiger partial charge in [-0.3, -0.25) is 14.9 Å². The minimum Gasteiger partial charge on any atom is -0.457 e. The van der Waals surface area contributed by atoms with E-state index in [0.29, 0.717) is 17.9 Å². The number of nitro benzene ring substituents is 1. The smallest absolute Gasteiger partial charge is 0.355 e. The Labute approximate surface area is 209 Å². The third-order valence-corrected chi connectivity index (χ3v) is 6.97. The summed E-state index contributed by atoms with van der Waals surface area (Å²) < 4.78 is 12.6. The Morgan fingerprint density at radius 1 is 1.16 bits per heavy atom. The average molecular weight is 497 g/mol. The molecule has 1 atom stereocenters. The topological polar surface area (TPSA) is 131 Å². The molecule has 0 fully saturated rings. The van der Waals surface area contributed by atoms with Crippen LogP contribution in [0.2, 0.25) is 0 Å². The number of fused-ring (bicyclic) bond motifs is 5. The zero-order chi connectivity index (χ0) is 25.9. The number of para-hydroxylation sites is 2. The van der Waals surface area contributed by atoms with Crippen molar-refractivity contribution >= 4 is 28.5 Å². The first-order chi connectivity index (χ1) is 17.8. The highest BCUT2D eigenvalue weighted by molar-refractivity contribution is 5.97. The van der Waals surface area contributed by atoms with E-state index in [4.69, 9.17) is 14.5 Å². The van der Waals surface area contributed by atoms with Crippen molar-refractivity contribution in [3.05, 3.63) is 103 Å². The first kappa shape index (κ1) is 22.6. The van der Waals surface area contributed by atoms with Gasteiger partial charge in [0.25, 0.3) is 11.2 Å². The minimum absolute atomic E-state index is 0.0495. The first-order valence-electron chi connectivity index (χ1n) is 11.6. The highest BCUT2D eigenvalue weighted by Gasteiger charge is 2.51. The van der Waals surface area contributed by atoms with Gasteiger partial charge in [0.2, 0.25) is 5.60 Å². The van der Waals surface area contributed by atoms with E-state index in [-0.39, 0.29) is 35.3 Å². The Morgan fingerprint density at radius 3 is 2.70 bits per heavy atom. The Morgan fingerprint density at radius 2 is 1.92 bits per heavy atom. The number of ether oxygens (including phenoxy) is 2. The molecule has 184 valence electrons. The van der Waals surface area contributed by atoms with E-state index in [0.717, 1.165) is 16.5 Å². The van der Waals surface area contributed by atoms with Crippen LogP contribution in [0.5, 0.6) is 0 Å². The molecule has 0 unspecified atom stereocenters. The van der Waals surface area contributed by atoms with Crippen molar-refractivity contribution in [3.63, 3.8) is 0 Å². The molecule has 0 radical (unpaired) electrons. The summed E-state index contributed by atoms with van der Waals surface area (Å²) >= 11 is 0. The summed E-state index contributed by atoms with van der Waals surface area (Å²) in [6.45, 7) is 1.65. The van der Waals surface area contributed by atoms with Crippen molar-refractivity contribution in [1.29, 1.82) is 0 Å². The molecule has 4 aromatic rings. The second-order valence-electron chi connectivity index (χ2n) is 8.92. The number of pyridine rings is 2. The maximum Gasteiger partial charge on any atom is 0.355 e. The van der Waals surface area contributed by atoms with Crippen LogP contribution in [0.1, 0.15) is 40.4 Å². The van der Waals surface area contributed by atoms with Gasteiger partial charge in [-0.25, -0.2) is 14.6 Å². The van der Waals surface area contributed by atoms with Gasteiger partial charge in [-0.2, -0.15) is 0 Å². The molecular weight excluding hydrogens is 478 g/mol. The molecule has 0 aliphatic carbocycles. The van der Waals surface area contributed by atoms with E-state index in [9.17, 15) is 24.5 Å². The lowest BCUT2D eigenvalue weighted by Gasteiger charge is -2.35. The lowest BCUT2D eigenvalue weighted by Crippen LogP contribution is -2.47. The van der Waals surface area contributed by atoms with E-state index in [2.05, 4.69) is 0 Å². The van der Waals surface area contributed by atoms with Crippen molar-refractivity contribution in [2.45, 2.75) is 32.1 Å². The molecule has 2 aliphatic heterocycles. The summed E-state index contributed by atoms with van der Waals surface area (Å²) in [6.07, 6.45) is -0.0495.